The summed E-state index contributed by atoms with van der Waals surface area (Å²) in [6.07, 6.45) is 2.10. The molecule has 4 heteroatoms. The van der Waals surface area contributed by atoms with Crippen LogP contribution in [0.25, 0.3) is 0 Å². The van der Waals surface area contributed by atoms with E-state index >= 15 is 0 Å². The van der Waals surface area contributed by atoms with E-state index in [1.807, 2.05) is 24.3 Å². The Morgan fingerprint density at radius 2 is 1.73 bits per heavy atom. The van der Waals surface area contributed by atoms with E-state index in [1.54, 1.807) is 26.1 Å². The van der Waals surface area contributed by atoms with Gasteiger partial charge in [0, 0.05) is 26.2 Å². The van der Waals surface area contributed by atoms with Crippen molar-refractivity contribution >= 4 is 5.91 Å². The Morgan fingerprint density at radius 3 is 2.35 bits per heavy atom. The zero-order valence-electron chi connectivity index (χ0n) is 16.4. The number of para-hydroxylation sites is 1. The quantitative estimate of drug-likeness (QED) is 0.686. The normalized spacial score (nSPS) is 10.8. The van der Waals surface area contributed by atoms with Gasteiger partial charge in [0.15, 0.2) is 0 Å². The van der Waals surface area contributed by atoms with Gasteiger partial charge in [-0.1, -0.05) is 37.3 Å². The van der Waals surface area contributed by atoms with Crippen LogP contribution in [0, 0.1) is 0 Å². The first-order valence-electron chi connectivity index (χ1n) is 9.20. The molecule has 0 saturated heterocycles. The highest BCUT2D eigenvalue weighted by Crippen LogP contribution is 2.19. The summed E-state index contributed by atoms with van der Waals surface area (Å²) in [6, 6.07) is 16.2. The second-order valence-corrected chi connectivity index (χ2v) is 6.68. The van der Waals surface area contributed by atoms with Crippen molar-refractivity contribution in [2.75, 3.05) is 34.3 Å². The van der Waals surface area contributed by atoms with Crippen LogP contribution in [0.3, 0.4) is 0 Å². The summed E-state index contributed by atoms with van der Waals surface area (Å²) in [5, 5.41) is 0. The summed E-state index contributed by atoms with van der Waals surface area (Å²) in [6.45, 7) is 5.13. The van der Waals surface area contributed by atoms with Gasteiger partial charge in [-0.3, -0.25) is 9.69 Å². The lowest BCUT2D eigenvalue weighted by Crippen LogP contribution is -2.25. The Balaban J connectivity index is 1.88. The number of aryl methyl sites for hydroxylation is 1. The van der Waals surface area contributed by atoms with Gasteiger partial charge in [0.2, 0.25) is 0 Å². The molecule has 140 valence electrons. The zero-order chi connectivity index (χ0) is 18.9. The molecule has 0 aliphatic heterocycles. The van der Waals surface area contributed by atoms with Gasteiger partial charge in [0.05, 0.1) is 7.11 Å². The van der Waals surface area contributed by atoms with E-state index in [2.05, 4.69) is 36.1 Å². The predicted molar refractivity (Wildman–Crippen MR) is 107 cm³/mol. The van der Waals surface area contributed by atoms with Gasteiger partial charge in [-0.2, -0.15) is 0 Å². The zero-order valence-corrected chi connectivity index (χ0v) is 16.4. The van der Waals surface area contributed by atoms with Crippen LogP contribution in [0.5, 0.6) is 5.75 Å². The van der Waals surface area contributed by atoms with Crippen LogP contribution in [0.4, 0.5) is 0 Å². The molecule has 0 fully saturated rings. The van der Waals surface area contributed by atoms with E-state index in [-0.39, 0.29) is 5.91 Å². The average molecular weight is 354 g/mol. The largest absolute Gasteiger partial charge is 0.496 e. The van der Waals surface area contributed by atoms with E-state index < -0.39 is 0 Å². The van der Waals surface area contributed by atoms with E-state index in [4.69, 9.17) is 4.74 Å². The van der Waals surface area contributed by atoms with E-state index in [9.17, 15) is 4.79 Å². The number of rotatable bonds is 9. The highest BCUT2D eigenvalue weighted by Gasteiger charge is 2.09. The summed E-state index contributed by atoms with van der Waals surface area (Å²) in [7, 11) is 5.27. The topological polar surface area (TPSA) is 32.8 Å². The van der Waals surface area contributed by atoms with Crippen molar-refractivity contribution in [3.63, 3.8) is 0 Å². The van der Waals surface area contributed by atoms with Crippen molar-refractivity contribution in [1.29, 1.82) is 0 Å². The Morgan fingerprint density at radius 1 is 1.04 bits per heavy atom. The standard InChI is InChI=1S/C22H30N2O2/c1-5-24(16-8-10-19-9-6-7-11-21(19)26-4)17-18-12-14-20(15-13-18)22(25)23(2)3/h6-7,9,11-15H,5,8,10,16-17H2,1-4H3. The van der Waals surface area contributed by atoms with E-state index in [1.165, 1.54) is 11.1 Å². The third-order valence-corrected chi connectivity index (χ3v) is 4.57. The van der Waals surface area contributed by atoms with Gasteiger partial charge in [-0.25, -0.2) is 0 Å². The molecule has 26 heavy (non-hydrogen) atoms. The van der Waals surface area contributed by atoms with Gasteiger partial charge < -0.3 is 9.64 Å². The number of hydrogen-bond acceptors (Lipinski definition) is 3. The monoisotopic (exact) mass is 354 g/mol. The fourth-order valence-electron chi connectivity index (χ4n) is 3.02. The molecule has 2 rings (SSSR count). The number of amides is 1. The Bertz CT molecular complexity index is 696. The molecule has 0 N–H and O–H groups in total. The summed E-state index contributed by atoms with van der Waals surface area (Å²) >= 11 is 0. The molecule has 4 nitrogen and oxygen atoms in total. The van der Waals surface area contributed by atoms with Crippen molar-refractivity contribution in [3.05, 3.63) is 65.2 Å². The van der Waals surface area contributed by atoms with Crippen LogP contribution >= 0.6 is 0 Å². The number of carbonyl (C=O) groups excluding carboxylic acids is 1. The maximum absolute atomic E-state index is 12.0. The van der Waals surface area contributed by atoms with E-state index in [0.29, 0.717) is 0 Å². The molecular weight excluding hydrogens is 324 g/mol. The van der Waals surface area contributed by atoms with E-state index in [0.717, 1.165) is 43.8 Å². The van der Waals surface area contributed by atoms with Gasteiger partial charge in [-0.05, 0) is 55.3 Å². The van der Waals surface area contributed by atoms with Crippen molar-refractivity contribution in [2.45, 2.75) is 26.3 Å². The summed E-state index contributed by atoms with van der Waals surface area (Å²) in [4.78, 5) is 16.0. The number of ether oxygens (including phenoxy) is 1. The number of carbonyl (C=O) groups is 1. The van der Waals surface area contributed by atoms with Crippen molar-refractivity contribution in [2.24, 2.45) is 0 Å². The van der Waals surface area contributed by atoms with Crippen LogP contribution in [0.15, 0.2) is 48.5 Å². The first-order chi connectivity index (χ1) is 12.5. The fourth-order valence-corrected chi connectivity index (χ4v) is 3.02. The minimum Gasteiger partial charge on any atom is -0.496 e. The predicted octanol–water partition coefficient (Wildman–Crippen LogP) is 3.85. The molecule has 0 radical (unpaired) electrons. The van der Waals surface area contributed by atoms with Crippen LogP contribution in [-0.4, -0.2) is 50.0 Å². The Hall–Kier alpha value is -2.33. The van der Waals surface area contributed by atoms with Crippen molar-refractivity contribution in [1.82, 2.24) is 9.80 Å². The molecule has 2 aromatic rings. The van der Waals surface area contributed by atoms with Gasteiger partial charge in [0.25, 0.3) is 5.91 Å². The number of nitrogens with zero attached hydrogens (tertiary/aromatic N) is 2. The van der Waals surface area contributed by atoms with Crippen LogP contribution in [0.1, 0.15) is 34.8 Å². The lowest BCUT2D eigenvalue weighted by molar-refractivity contribution is 0.0827. The molecule has 0 saturated carbocycles. The fraction of sp³-hybridized carbons (Fsp3) is 0.409. The first-order valence-corrected chi connectivity index (χ1v) is 9.20. The molecule has 0 bridgehead atoms. The maximum Gasteiger partial charge on any atom is 0.253 e. The number of benzene rings is 2. The molecule has 0 aromatic heterocycles. The second kappa shape index (κ2) is 9.97. The second-order valence-electron chi connectivity index (χ2n) is 6.68. The minimum atomic E-state index is 0.0423. The molecule has 0 unspecified atom stereocenters. The smallest absolute Gasteiger partial charge is 0.253 e. The van der Waals surface area contributed by atoms with Crippen molar-refractivity contribution in [3.8, 4) is 5.75 Å². The van der Waals surface area contributed by atoms with Crippen molar-refractivity contribution < 1.29 is 9.53 Å². The van der Waals surface area contributed by atoms with Gasteiger partial charge in [0.1, 0.15) is 5.75 Å². The summed E-state index contributed by atoms with van der Waals surface area (Å²) < 4.78 is 5.43. The van der Waals surface area contributed by atoms with Crippen LogP contribution in [0.2, 0.25) is 0 Å². The number of methoxy groups -OCH3 is 1. The molecule has 0 heterocycles. The van der Waals surface area contributed by atoms with Crippen LogP contribution < -0.4 is 4.74 Å². The minimum absolute atomic E-state index is 0.0423. The molecule has 0 aliphatic carbocycles. The lowest BCUT2D eigenvalue weighted by atomic mass is 10.1. The summed E-state index contributed by atoms with van der Waals surface area (Å²) in [5.41, 5.74) is 3.23. The highest BCUT2D eigenvalue weighted by atomic mass is 16.5. The Labute approximate surface area is 157 Å². The van der Waals surface area contributed by atoms with Gasteiger partial charge >= 0.3 is 0 Å². The first kappa shape index (κ1) is 20.0. The number of hydrogen-bond donors (Lipinski definition) is 0. The molecule has 1 amide bonds. The molecule has 0 aliphatic rings. The Kier molecular flexibility index (Phi) is 7.67. The van der Waals surface area contributed by atoms with Gasteiger partial charge in [-0.15, -0.1) is 0 Å². The maximum atomic E-state index is 12.0. The molecule has 0 atom stereocenters. The molecular formula is C22H30N2O2. The summed E-state index contributed by atoms with van der Waals surface area (Å²) in [5.74, 6) is 1.01. The lowest BCUT2D eigenvalue weighted by Gasteiger charge is -2.21. The average Bonchev–Trinajstić information content (AvgIpc) is 2.67. The third kappa shape index (κ3) is 5.60. The molecule has 2 aromatic carbocycles. The highest BCUT2D eigenvalue weighted by molar-refractivity contribution is 5.93. The third-order valence-electron chi connectivity index (χ3n) is 4.57. The SMILES string of the molecule is CCN(CCCc1ccccc1OC)Cc1ccc(C(=O)N(C)C)cc1. The molecule has 0 spiro atoms. The van der Waals surface area contributed by atoms with Crippen LogP contribution in [-0.2, 0) is 13.0 Å².